The number of carbonyl (C=O) groups excluding carboxylic acids is 2. The summed E-state index contributed by atoms with van der Waals surface area (Å²) in [6.07, 6.45) is -0.385. The maximum Gasteiger partial charge on any atom is 0.410 e. The number of amides is 2. The highest BCUT2D eigenvalue weighted by molar-refractivity contribution is 6.30. The van der Waals surface area contributed by atoms with E-state index in [1.165, 1.54) is 0 Å². The van der Waals surface area contributed by atoms with Gasteiger partial charge in [0.1, 0.15) is 5.60 Å². The number of hydrogen-bond acceptors (Lipinski definition) is 3. The van der Waals surface area contributed by atoms with Crippen molar-refractivity contribution in [3.63, 3.8) is 0 Å². The molecule has 144 valence electrons. The van der Waals surface area contributed by atoms with Gasteiger partial charge in [0.05, 0.1) is 6.54 Å². The van der Waals surface area contributed by atoms with Crippen LogP contribution in [-0.2, 0) is 11.3 Å². The summed E-state index contributed by atoms with van der Waals surface area (Å²) < 4.78 is 5.45. The summed E-state index contributed by atoms with van der Waals surface area (Å²) in [6.45, 7) is 8.22. The van der Waals surface area contributed by atoms with E-state index in [0.717, 1.165) is 5.56 Å². The molecular weight excluding hydrogens is 364 g/mol. The van der Waals surface area contributed by atoms with Crippen molar-refractivity contribution in [1.82, 2.24) is 4.90 Å². The Labute approximate surface area is 165 Å². The maximum absolute atomic E-state index is 12.5. The Bertz CT molecular complexity index is 798. The Morgan fingerprint density at radius 3 is 2.30 bits per heavy atom. The van der Waals surface area contributed by atoms with Crippen LogP contribution in [0.25, 0.3) is 0 Å². The van der Waals surface area contributed by atoms with Crippen LogP contribution in [0.3, 0.4) is 0 Å². The van der Waals surface area contributed by atoms with Crippen molar-refractivity contribution in [2.45, 2.75) is 39.8 Å². The van der Waals surface area contributed by atoms with Gasteiger partial charge in [-0.3, -0.25) is 4.79 Å². The lowest BCUT2D eigenvalue weighted by Gasteiger charge is -2.27. The monoisotopic (exact) mass is 388 g/mol. The molecule has 0 fully saturated rings. The molecule has 0 radical (unpaired) electrons. The Morgan fingerprint density at radius 2 is 1.70 bits per heavy atom. The van der Waals surface area contributed by atoms with Crippen LogP contribution in [0, 0.1) is 0 Å². The molecule has 0 saturated heterocycles. The number of carbonyl (C=O) groups is 2. The quantitative estimate of drug-likeness (QED) is 0.751. The molecule has 0 aliphatic heterocycles. The summed E-state index contributed by atoms with van der Waals surface area (Å²) in [4.78, 5) is 26.5. The zero-order valence-electron chi connectivity index (χ0n) is 16.1. The molecule has 1 N–H and O–H groups in total. The van der Waals surface area contributed by atoms with Crippen LogP contribution < -0.4 is 5.32 Å². The van der Waals surface area contributed by atoms with Gasteiger partial charge in [0.15, 0.2) is 0 Å². The van der Waals surface area contributed by atoms with E-state index >= 15 is 0 Å². The molecule has 5 nitrogen and oxygen atoms in total. The molecule has 2 aromatic carbocycles. The van der Waals surface area contributed by atoms with Crippen LogP contribution in [0.5, 0.6) is 0 Å². The molecule has 0 unspecified atom stereocenters. The zero-order valence-corrected chi connectivity index (χ0v) is 16.8. The third kappa shape index (κ3) is 6.29. The maximum atomic E-state index is 12.5. The summed E-state index contributed by atoms with van der Waals surface area (Å²) >= 11 is 5.87. The lowest BCUT2D eigenvalue weighted by atomic mass is 10.1. The van der Waals surface area contributed by atoms with E-state index in [1.54, 1.807) is 29.2 Å². The van der Waals surface area contributed by atoms with Crippen molar-refractivity contribution < 1.29 is 14.3 Å². The molecule has 6 heteroatoms. The van der Waals surface area contributed by atoms with Crippen LogP contribution >= 0.6 is 11.6 Å². The summed E-state index contributed by atoms with van der Waals surface area (Å²) in [5.74, 6) is -0.237. The number of rotatable bonds is 5. The summed E-state index contributed by atoms with van der Waals surface area (Å²) in [5, 5.41) is 3.47. The number of hydrogen-bond donors (Lipinski definition) is 1. The Balaban J connectivity index is 2.15. The molecule has 0 spiro atoms. The average molecular weight is 389 g/mol. The zero-order chi connectivity index (χ0) is 20.0. The Hall–Kier alpha value is -2.53. The largest absolute Gasteiger partial charge is 0.444 e. The second-order valence-electron chi connectivity index (χ2n) is 7.11. The van der Waals surface area contributed by atoms with Gasteiger partial charge in [0.2, 0.25) is 0 Å². The number of halogens is 1. The number of nitrogens with one attached hydrogen (secondary N) is 1. The smallest absolute Gasteiger partial charge is 0.410 e. The number of benzene rings is 2. The van der Waals surface area contributed by atoms with Crippen molar-refractivity contribution in [3.05, 3.63) is 64.7 Å². The predicted molar refractivity (Wildman–Crippen MR) is 108 cm³/mol. The van der Waals surface area contributed by atoms with Gasteiger partial charge in [-0.25, -0.2) is 4.79 Å². The number of anilines is 1. The second-order valence-corrected chi connectivity index (χ2v) is 7.55. The summed E-state index contributed by atoms with van der Waals surface area (Å²) in [6, 6.07) is 14.1. The SMILES string of the molecule is CCN(Cc1ccccc1NC(=O)c1ccc(Cl)cc1)C(=O)OC(C)(C)C. The third-order valence-corrected chi connectivity index (χ3v) is 4.02. The van der Waals surface area contributed by atoms with Gasteiger partial charge in [0.25, 0.3) is 5.91 Å². The second kappa shape index (κ2) is 8.91. The van der Waals surface area contributed by atoms with E-state index in [1.807, 2.05) is 52.0 Å². The van der Waals surface area contributed by atoms with Crippen LogP contribution in [-0.4, -0.2) is 29.0 Å². The van der Waals surface area contributed by atoms with Crippen LogP contribution in [0.2, 0.25) is 5.02 Å². The first-order valence-corrected chi connectivity index (χ1v) is 9.20. The standard InChI is InChI=1S/C21H25ClN2O3/c1-5-24(20(26)27-21(2,3)4)14-16-8-6-7-9-18(16)23-19(25)15-10-12-17(22)13-11-15/h6-13H,5,14H2,1-4H3,(H,23,25). The third-order valence-electron chi connectivity index (χ3n) is 3.77. The first kappa shape index (κ1) is 20.8. The molecule has 0 aliphatic rings. The van der Waals surface area contributed by atoms with Crippen LogP contribution in [0.4, 0.5) is 10.5 Å². The molecule has 0 bridgehead atoms. The first-order valence-electron chi connectivity index (χ1n) is 8.82. The minimum atomic E-state index is -0.563. The fourth-order valence-corrected chi connectivity index (χ4v) is 2.54. The van der Waals surface area contributed by atoms with E-state index in [4.69, 9.17) is 16.3 Å². The average Bonchev–Trinajstić information content (AvgIpc) is 2.59. The highest BCUT2D eigenvalue weighted by Crippen LogP contribution is 2.20. The van der Waals surface area contributed by atoms with Crippen LogP contribution in [0.1, 0.15) is 43.6 Å². The summed E-state index contributed by atoms with van der Waals surface area (Å²) in [5.41, 5.74) is 1.42. The van der Waals surface area contributed by atoms with Gasteiger partial charge in [-0.15, -0.1) is 0 Å². The minimum Gasteiger partial charge on any atom is -0.444 e. The van der Waals surface area contributed by atoms with Gasteiger partial charge < -0.3 is 15.0 Å². The molecule has 0 atom stereocenters. The fourth-order valence-electron chi connectivity index (χ4n) is 2.41. The molecule has 0 saturated carbocycles. The molecule has 2 rings (SSSR count). The number of nitrogens with zero attached hydrogens (tertiary/aromatic N) is 1. The van der Waals surface area contributed by atoms with Gasteiger partial charge in [-0.05, 0) is 63.6 Å². The van der Waals surface area contributed by atoms with Gasteiger partial charge in [-0.1, -0.05) is 29.8 Å². The number of ether oxygens (including phenoxy) is 1. The van der Waals surface area contributed by atoms with Crippen molar-refractivity contribution >= 4 is 29.3 Å². The highest BCUT2D eigenvalue weighted by Gasteiger charge is 2.22. The minimum absolute atomic E-state index is 0.237. The highest BCUT2D eigenvalue weighted by atomic mass is 35.5. The van der Waals surface area contributed by atoms with E-state index in [-0.39, 0.29) is 12.0 Å². The first-order chi connectivity index (χ1) is 12.7. The lowest BCUT2D eigenvalue weighted by molar-refractivity contribution is 0.0245. The lowest BCUT2D eigenvalue weighted by Crippen LogP contribution is -2.36. The van der Waals surface area contributed by atoms with E-state index in [0.29, 0.717) is 29.4 Å². The molecule has 0 aliphatic carbocycles. The summed E-state index contributed by atoms with van der Waals surface area (Å²) in [7, 11) is 0. The molecule has 27 heavy (non-hydrogen) atoms. The normalized spacial score (nSPS) is 11.0. The molecule has 2 aromatic rings. The van der Waals surface area contributed by atoms with Gasteiger partial charge in [-0.2, -0.15) is 0 Å². The molecular formula is C21H25ClN2O3. The van der Waals surface area contributed by atoms with E-state index in [9.17, 15) is 9.59 Å². The van der Waals surface area contributed by atoms with E-state index in [2.05, 4.69) is 5.32 Å². The van der Waals surface area contributed by atoms with Crippen molar-refractivity contribution in [2.24, 2.45) is 0 Å². The van der Waals surface area contributed by atoms with Crippen molar-refractivity contribution in [2.75, 3.05) is 11.9 Å². The van der Waals surface area contributed by atoms with Gasteiger partial charge >= 0.3 is 6.09 Å². The molecule has 0 aromatic heterocycles. The van der Waals surface area contributed by atoms with E-state index < -0.39 is 5.60 Å². The van der Waals surface area contributed by atoms with Crippen molar-refractivity contribution in [3.8, 4) is 0 Å². The number of para-hydroxylation sites is 1. The Morgan fingerprint density at radius 1 is 1.07 bits per heavy atom. The molecule has 0 heterocycles. The van der Waals surface area contributed by atoms with Gasteiger partial charge in [0, 0.05) is 22.8 Å². The van der Waals surface area contributed by atoms with Crippen molar-refractivity contribution in [1.29, 1.82) is 0 Å². The Kier molecular flexibility index (Phi) is 6.86. The topological polar surface area (TPSA) is 58.6 Å². The van der Waals surface area contributed by atoms with Crippen LogP contribution in [0.15, 0.2) is 48.5 Å². The fraction of sp³-hybridized carbons (Fsp3) is 0.333. The predicted octanol–water partition coefficient (Wildman–Crippen LogP) is 5.35. The molecule has 2 amide bonds.